The van der Waals surface area contributed by atoms with Gasteiger partial charge in [0.15, 0.2) is 0 Å². The summed E-state index contributed by atoms with van der Waals surface area (Å²) < 4.78 is 37.8. The van der Waals surface area contributed by atoms with E-state index in [1.54, 1.807) is 0 Å². The molecule has 2 aromatic rings. The van der Waals surface area contributed by atoms with E-state index in [0.29, 0.717) is 5.56 Å². The van der Waals surface area contributed by atoms with Crippen LogP contribution in [-0.2, 0) is 6.18 Å². The van der Waals surface area contributed by atoms with Crippen molar-refractivity contribution in [1.82, 2.24) is 10.3 Å². The van der Waals surface area contributed by atoms with Crippen molar-refractivity contribution in [1.29, 1.82) is 0 Å². The fourth-order valence-corrected chi connectivity index (χ4v) is 2.62. The zero-order valence-electron chi connectivity index (χ0n) is 11.9. The lowest BCUT2D eigenvalue weighted by Gasteiger charge is -2.31. The Labute approximate surface area is 126 Å². The highest BCUT2D eigenvalue weighted by molar-refractivity contribution is 5.78. The van der Waals surface area contributed by atoms with Gasteiger partial charge in [0.1, 0.15) is 5.69 Å². The molecule has 3 nitrogen and oxygen atoms in total. The van der Waals surface area contributed by atoms with Crippen LogP contribution in [0.15, 0.2) is 42.6 Å². The molecular weight excluding hydrogens is 291 g/mol. The Morgan fingerprint density at radius 2 is 1.73 bits per heavy atom. The van der Waals surface area contributed by atoms with Crippen LogP contribution < -0.4 is 10.2 Å². The Morgan fingerprint density at radius 3 is 2.36 bits per heavy atom. The predicted octanol–water partition coefficient (Wildman–Crippen LogP) is 3.18. The first-order valence-electron chi connectivity index (χ1n) is 7.14. The topological polar surface area (TPSA) is 28.2 Å². The lowest BCUT2D eigenvalue weighted by molar-refractivity contribution is -0.141. The van der Waals surface area contributed by atoms with E-state index in [2.05, 4.69) is 15.2 Å². The Morgan fingerprint density at radius 1 is 1.00 bits per heavy atom. The first-order valence-corrected chi connectivity index (χ1v) is 7.14. The molecule has 2 heterocycles. The molecule has 0 amide bonds. The molecule has 1 aromatic heterocycles. The van der Waals surface area contributed by atoms with Crippen LogP contribution in [0.3, 0.4) is 0 Å². The average molecular weight is 307 g/mol. The number of alkyl halides is 3. The number of nitrogens with zero attached hydrogens (tertiary/aromatic N) is 2. The van der Waals surface area contributed by atoms with Gasteiger partial charge in [0.2, 0.25) is 0 Å². The lowest BCUT2D eigenvalue weighted by atomic mass is 10.0. The van der Waals surface area contributed by atoms with Crippen molar-refractivity contribution in [3.05, 3.63) is 48.3 Å². The molecule has 22 heavy (non-hydrogen) atoms. The van der Waals surface area contributed by atoms with Crippen LogP contribution >= 0.6 is 0 Å². The zero-order valence-corrected chi connectivity index (χ0v) is 11.9. The molecule has 0 aliphatic carbocycles. The van der Waals surface area contributed by atoms with Gasteiger partial charge >= 0.3 is 6.18 Å². The zero-order chi connectivity index (χ0) is 15.6. The van der Waals surface area contributed by atoms with E-state index in [9.17, 15) is 13.2 Å². The number of rotatable bonds is 2. The number of nitrogens with one attached hydrogen (secondary N) is 1. The van der Waals surface area contributed by atoms with E-state index in [-0.39, 0.29) is 0 Å². The van der Waals surface area contributed by atoms with E-state index in [1.807, 2.05) is 24.3 Å². The van der Waals surface area contributed by atoms with Gasteiger partial charge in [-0.05, 0) is 12.1 Å². The first-order chi connectivity index (χ1) is 10.6. The number of para-hydroxylation sites is 1. The first kappa shape index (κ1) is 14.8. The van der Waals surface area contributed by atoms with Gasteiger partial charge in [0.05, 0.1) is 0 Å². The molecule has 0 bridgehead atoms. The maximum absolute atomic E-state index is 12.6. The second kappa shape index (κ2) is 5.96. The van der Waals surface area contributed by atoms with Crippen molar-refractivity contribution in [2.24, 2.45) is 0 Å². The maximum atomic E-state index is 12.6. The van der Waals surface area contributed by atoms with E-state index in [1.165, 1.54) is 12.3 Å². The number of benzene rings is 1. The molecule has 1 saturated heterocycles. The molecule has 1 N–H and O–H groups in total. The maximum Gasteiger partial charge on any atom is 0.433 e. The third-order valence-electron chi connectivity index (χ3n) is 3.73. The molecule has 0 atom stereocenters. The van der Waals surface area contributed by atoms with Crippen molar-refractivity contribution >= 4 is 5.69 Å². The van der Waals surface area contributed by atoms with Crippen LogP contribution in [0.1, 0.15) is 5.69 Å². The number of halogens is 3. The van der Waals surface area contributed by atoms with E-state index < -0.39 is 11.9 Å². The van der Waals surface area contributed by atoms with Gasteiger partial charge in [0, 0.05) is 49.2 Å². The standard InChI is InChI=1S/C16H16F3N3/c17-16(18,19)15-6-5-12(11-21-15)13-3-1-2-4-14(13)22-9-7-20-8-10-22/h1-6,11,20H,7-10H2. The van der Waals surface area contributed by atoms with Crippen LogP contribution in [0.4, 0.5) is 18.9 Å². The van der Waals surface area contributed by atoms with Gasteiger partial charge in [-0.15, -0.1) is 0 Å². The number of hydrogen-bond acceptors (Lipinski definition) is 3. The summed E-state index contributed by atoms with van der Waals surface area (Å²) in [4.78, 5) is 5.80. The van der Waals surface area contributed by atoms with Gasteiger partial charge in [-0.25, -0.2) is 0 Å². The normalized spacial score (nSPS) is 15.9. The second-order valence-electron chi connectivity index (χ2n) is 5.18. The number of hydrogen-bond donors (Lipinski definition) is 1. The summed E-state index contributed by atoms with van der Waals surface area (Å²) in [5.74, 6) is 0. The third kappa shape index (κ3) is 3.06. The van der Waals surface area contributed by atoms with Crippen LogP contribution in [-0.4, -0.2) is 31.2 Å². The summed E-state index contributed by atoms with van der Waals surface area (Å²) in [5, 5.41) is 3.29. The van der Waals surface area contributed by atoms with Crippen LogP contribution in [0.2, 0.25) is 0 Å². The molecule has 6 heteroatoms. The van der Waals surface area contributed by atoms with Gasteiger partial charge in [-0.3, -0.25) is 4.98 Å². The lowest BCUT2D eigenvalue weighted by Crippen LogP contribution is -2.43. The van der Waals surface area contributed by atoms with Crippen LogP contribution in [0.5, 0.6) is 0 Å². The third-order valence-corrected chi connectivity index (χ3v) is 3.73. The van der Waals surface area contributed by atoms with Crippen molar-refractivity contribution in [2.75, 3.05) is 31.1 Å². The molecule has 1 fully saturated rings. The molecule has 0 spiro atoms. The van der Waals surface area contributed by atoms with Crippen molar-refractivity contribution in [3.8, 4) is 11.1 Å². The minimum Gasteiger partial charge on any atom is -0.368 e. The van der Waals surface area contributed by atoms with Crippen molar-refractivity contribution < 1.29 is 13.2 Å². The van der Waals surface area contributed by atoms with E-state index in [0.717, 1.165) is 43.5 Å². The number of pyridine rings is 1. The summed E-state index contributed by atoms with van der Waals surface area (Å²) in [6, 6.07) is 10.3. The highest BCUT2D eigenvalue weighted by atomic mass is 19.4. The SMILES string of the molecule is FC(F)(F)c1ccc(-c2ccccc2N2CCNCC2)cn1. The van der Waals surface area contributed by atoms with E-state index >= 15 is 0 Å². The molecule has 1 aliphatic rings. The van der Waals surface area contributed by atoms with Gasteiger partial charge < -0.3 is 10.2 Å². The molecule has 0 radical (unpaired) electrons. The molecular formula is C16H16F3N3. The number of piperazine rings is 1. The molecule has 0 unspecified atom stereocenters. The predicted molar refractivity (Wildman–Crippen MR) is 79.8 cm³/mol. The Bertz CT molecular complexity index is 632. The largest absolute Gasteiger partial charge is 0.433 e. The smallest absolute Gasteiger partial charge is 0.368 e. The number of aromatic nitrogens is 1. The van der Waals surface area contributed by atoms with Gasteiger partial charge in [-0.1, -0.05) is 24.3 Å². The monoisotopic (exact) mass is 307 g/mol. The van der Waals surface area contributed by atoms with Gasteiger partial charge in [0.25, 0.3) is 0 Å². The summed E-state index contributed by atoms with van der Waals surface area (Å²) in [6.45, 7) is 3.56. The Balaban J connectivity index is 1.94. The molecule has 116 valence electrons. The molecule has 3 rings (SSSR count). The minimum absolute atomic E-state index is 0.696. The highest BCUT2D eigenvalue weighted by Gasteiger charge is 2.32. The van der Waals surface area contributed by atoms with Crippen LogP contribution in [0, 0.1) is 0 Å². The van der Waals surface area contributed by atoms with Crippen molar-refractivity contribution in [2.45, 2.75) is 6.18 Å². The average Bonchev–Trinajstić information content (AvgIpc) is 2.55. The van der Waals surface area contributed by atoms with E-state index in [4.69, 9.17) is 0 Å². The highest BCUT2D eigenvalue weighted by Crippen LogP contribution is 2.33. The number of anilines is 1. The van der Waals surface area contributed by atoms with Crippen molar-refractivity contribution in [3.63, 3.8) is 0 Å². The quantitative estimate of drug-likeness (QED) is 0.923. The van der Waals surface area contributed by atoms with Crippen LogP contribution in [0.25, 0.3) is 11.1 Å². The van der Waals surface area contributed by atoms with Gasteiger partial charge in [-0.2, -0.15) is 13.2 Å². The Kier molecular flexibility index (Phi) is 4.02. The summed E-state index contributed by atoms with van der Waals surface area (Å²) in [5.41, 5.74) is 1.77. The Hall–Kier alpha value is -2.08. The minimum atomic E-state index is -4.41. The fraction of sp³-hybridized carbons (Fsp3) is 0.312. The molecule has 1 aliphatic heterocycles. The summed E-state index contributed by atoms with van der Waals surface area (Å²) in [6.07, 6.45) is -3.11. The molecule has 0 saturated carbocycles. The second-order valence-corrected chi connectivity index (χ2v) is 5.18. The summed E-state index contributed by atoms with van der Waals surface area (Å²) >= 11 is 0. The molecule has 1 aromatic carbocycles. The summed E-state index contributed by atoms with van der Waals surface area (Å²) in [7, 11) is 0. The fourth-order valence-electron chi connectivity index (χ4n) is 2.62.